The van der Waals surface area contributed by atoms with Crippen LogP contribution in [-0.2, 0) is 23.1 Å². The highest BCUT2D eigenvalue weighted by Crippen LogP contribution is 2.29. The Balaban J connectivity index is 2.29. The second-order valence-corrected chi connectivity index (χ2v) is 6.65. The largest absolute Gasteiger partial charge is 0.281 e. The first-order chi connectivity index (χ1) is 7.45. The van der Waals surface area contributed by atoms with Crippen LogP contribution in [0.3, 0.4) is 0 Å². The van der Waals surface area contributed by atoms with Gasteiger partial charge in [0.25, 0.3) is 0 Å². The Hall–Kier alpha value is -0.880. The van der Waals surface area contributed by atoms with Gasteiger partial charge < -0.3 is 0 Å². The van der Waals surface area contributed by atoms with Crippen molar-refractivity contribution in [2.45, 2.75) is 39.8 Å². The minimum absolute atomic E-state index is 0.154. The van der Waals surface area contributed by atoms with Crippen LogP contribution in [0.5, 0.6) is 0 Å². The number of aromatic amines is 1. The summed E-state index contributed by atoms with van der Waals surface area (Å²) < 4.78 is 25.0. The third kappa shape index (κ3) is 1.76. The van der Waals surface area contributed by atoms with E-state index in [1.807, 2.05) is 0 Å². The summed E-state index contributed by atoms with van der Waals surface area (Å²) >= 11 is 0. The molecule has 1 aromatic rings. The Morgan fingerprint density at radius 2 is 2.12 bits per heavy atom. The maximum atomic E-state index is 11.7. The van der Waals surface area contributed by atoms with Crippen molar-refractivity contribution in [1.82, 2.24) is 14.5 Å². The van der Waals surface area contributed by atoms with Gasteiger partial charge in [0.1, 0.15) is 0 Å². The van der Waals surface area contributed by atoms with Crippen LogP contribution >= 0.6 is 0 Å². The van der Waals surface area contributed by atoms with Gasteiger partial charge in [-0.05, 0) is 12.8 Å². The number of hydrogen-bond acceptors (Lipinski definition) is 3. The van der Waals surface area contributed by atoms with Crippen molar-refractivity contribution in [3.8, 4) is 0 Å². The van der Waals surface area contributed by atoms with Crippen LogP contribution in [0.15, 0.2) is 0 Å². The summed E-state index contributed by atoms with van der Waals surface area (Å²) in [4.78, 5) is 0. The Labute approximate surface area is 95.9 Å². The molecule has 0 fully saturated rings. The lowest BCUT2D eigenvalue weighted by atomic mass is 10.1. The molecule has 90 valence electrons. The van der Waals surface area contributed by atoms with Crippen LogP contribution < -0.4 is 0 Å². The molecular weight excluding hydrogens is 226 g/mol. The minimum atomic E-state index is -3.09. The quantitative estimate of drug-likeness (QED) is 0.867. The normalized spacial score (nSPS) is 17.0. The van der Waals surface area contributed by atoms with Gasteiger partial charge in [0, 0.05) is 12.1 Å². The molecule has 0 spiro atoms. The van der Waals surface area contributed by atoms with Crippen LogP contribution in [0.1, 0.15) is 43.6 Å². The Morgan fingerprint density at radius 1 is 1.44 bits per heavy atom. The third-order valence-corrected chi connectivity index (χ3v) is 4.73. The lowest BCUT2D eigenvalue weighted by molar-refractivity contribution is 0.426. The van der Waals surface area contributed by atoms with E-state index in [9.17, 15) is 8.42 Å². The first-order valence-electron chi connectivity index (χ1n) is 5.49. The summed E-state index contributed by atoms with van der Waals surface area (Å²) in [6.45, 7) is 6.70. The standard InChI is InChI=1S/C10H17N3O2S/c1-4-16(14,15)13-5-8-9(6-13)11-12-10(8)7(2)3/h7H,4-6H2,1-3H3,(H,11,12). The molecule has 1 N–H and O–H groups in total. The molecule has 5 nitrogen and oxygen atoms in total. The lowest BCUT2D eigenvalue weighted by Crippen LogP contribution is -2.27. The summed E-state index contributed by atoms with van der Waals surface area (Å²) in [7, 11) is -3.09. The van der Waals surface area contributed by atoms with Gasteiger partial charge in [-0.25, -0.2) is 8.42 Å². The highest BCUT2D eigenvalue weighted by Gasteiger charge is 2.31. The van der Waals surface area contributed by atoms with E-state index in [0.29, 0.717) is 19.0 Å². The van der Waals surface area contributed by atoms with Gasteiger partial charge in [0.05, 0.1) is 23.7 Å². The Morgan fingerprint density at radius 3 is 2.69 bits per heavy atom. The first kappa shape index (κ1) is 11.6. The molecule has 1 aromatic heterocycles. The predicted molar refractivity (Wildman–Crippen MR) is 61.4 cm³/mol. The zero-order valence-corrected chi connectivity index (χ0v) is 10.6. The van der Waals surface area contributed by atoms with E-state index in [1.54, 1.807) is 6.92 Å². The third-order valence-electron chi connectivity index (χ3n) is 2.96. The summed E-state index contributed by atoms with van der Waals surface area (Å²) in [6, 6.07) is 0. The van der Waals surface area contributed by atoms with E-state index in [2.05, 4.69) is 24.0 Å². The number of aromatic nitrogens is 2. The van der Waals surface area contributed by atoms with Crippen LogP contribution in [0.2, 0.25) is 0 Å². The van der Waals surface area contributed by atoms with Crippen molar-refractivity contribution in [1.29, 1.82) is 0 Å². The van der Waals surface area contributed by atoms with Gasteiger partial charge in [0.15, 0.2) is 0 Å². The first-order valence-corrected chi connectivity index (χ1v) is 7.10. The van der Waals surface area contributed by atoms with Crippen LogP contribution in [0.4, 0.5) is 0 Å². The fourth-order valence-corrected chi connectivity index (χ4v) is 3.01. The molecule has 1 aliphatic heterocycles. The van der Waals surface area contributed by atoms with E-state index in [-0.39, 0.29) is 5.75 Å². The molecule has 0 aliphatic carbocycles. The molecule has 1 aliphatic rings. The maximum Gasteiger partial charge on any atom is 0.214 e. The number of hydrogen-bond donors (Lipinski definition) is 1. The lowest BCUT2D eigenvalue weighted by Gasteiger charge is -2.14. The second kappa shape index (κ2) is 3.85. The SMILES string of the molecule is CCS(=O)(=O)N1Cc2[nH]nc(C(C)C)c2C1. The average Bonchev–Trinajstić information content (AvgIpc) is 2.75. The highest BCUT2D eigenvalue weighted by molar-refractivity contribution is 7.89. The molecule has 0 amide bonds. The van der Waals surface area contributed by atoms with Crippen molar-refractivity contribution in [3.05, 3.63) is 17.0 Å². The summed E-state index contributed by atoms with van der Waals surface area (Å²) in [6.07, 6.45) is 0. The monoisotopic (exact) mass is 243 g/mol. The second-order valence-electron chi connectivity index (χ2n) is 4.39. The van der Waals surface area contributed by atoms with E-state index in [4.69, 9.17) is 0 Å². The van der Waals surface area contributed by atoms with Gasteiger partial charge in [-0.2, -0.15) is 9.40 Å². The van der Waals surface area contributed by atoms with Crippen molar-refractivity contribution >= 4 is 10.0 Å². The molecule has 0 bridgehead atoms. The number of H-pyrrole nitrogens is 1. The van der Waals surface area contributed by atoms with Crippen LogP contribution in [-0.4, -0.2) is 28.7 Å². The molecule has 2 heterocycles. The van der Waals surface area contributed by atoms with Gasteiger partial charge in [0.2, 0.25) is 10.0 Å². The van der Waals surface area contributed by atoms with Crippen molar-refractivity contribution < 1.29 is 8.42 Å². The maximum absolute atomic E-state index is 11.7. The number of rotatable bonds is 3. The molecule has 16 heavy (non-hydrogen) atoms. The molecule has 0 radical (unpaired) electrons. The summed E-state index contributed by atoms with van der Waals surface area (Å²) in [5.74, 6) is 0.478. The van der Waals surface area contributed by atoms with Crippen molar-refractivity contribution in [2.75, 3.05) is 5.75 Å². The van der Waals surface area contributed by atoms with Gasteiger partial charge in [-0.3, -0.25) is 5.10 Å². The molecule has 0 aromatic carbocycles. The molecule has 0 atom stereocenters. The summed E-state index contributed by atoms with van der Waals surface area (Å²) in [5, 5.41) is 7.17. The zero-order chi connectivity index (χ0) is 11.9. The molecule has 6 heteroatoms. The van der Waals surface area contributed by atoms with Crippen molar-refractivity contribution in [3.63, 3.8) is 0 Å². The number of sulfonamides is 1. The minimum Gasteiger partial charge on any atom is -0.281 e. The smallest absolute Gasteiger partial charge is 0.214 e. The van der Waals surface area contributed by atoms with Gasteiger partial charge >= 0.3 is 0 Å². The number of fused-ring (bicyclic) bond motifs is 1. The average molecular weight is 243 g/mol. The summed E-state index contributed by atoms with van der Waals surface area (Å²) in [5.41, 5.74) is 3.00. The van der Waals surface area contributed by atoms with E-state index in [0.717, 1.165) is 17.0 Å². The van der Waals surface area contributed by atoms with E-state index in [1.165, 1.54) is 4.31 Å². The Bertz CT molecular complexity index is 490. The number of nitrogens with one attached hydrogen (secondary N) is 1. The molecule has 0 saturated carbocycles. The number of nitrogens with zero attached hydrogens (tertiary/aromatic N) is 2. The van der Waals surface area contributed by atoms with E-state index < -0.39 is 10.0 Å². The van der Waals surface area contributed by atoms with E-state index >= 15 is 0 Å². The fourth-order valence-electron chi connectivity index (χ4n) is 1.99. The molecule has 0 unspecified atom stereocenters. The van der Waals surface area contributed by atoms with Gasteiger partial charge in [-0.1, -0.05) is 13.8 Å². The predicted octanol–water partition coefficient (Wildman–Crippen LogP) is 1.20. The van der Waals surface area contributed by atoms with Crippen LogP contribution in [0.25, 0.3) is 0 Å². The van der Waals surface area contributed by atoms with Crippen LogP contribution in [0, 0.1) is 0 Å². The Kier molecular flexibility index (Phi) is 2.79. The molecule has 2 rings (SSSR count). The molecular formula is C10H17N3O2S. The van der Waals surface area contributed by atoms with Gasteiger partial charge in [-0.15, -0.1) is 0 Å². The zero-order valence-electron chi connectivity index (χ0n) is 9.82. The fraction of sp³-hybridized carbons (Fsp3) is 0.700. The highest BCUT2D eigenvalue weighted by atomic mass is 32.2. The molecule has 0 saturated heterocycles. The topological polar surface area (TPSA) is 66.1 Å². The van der Waals surface area contributed by atoms with Crippen molar-refractivity contribution in [2.24, 2.45) is 0 Å².